The predicted octanol–water partition coefficient (Wildman–Crippen LogP) is -5.69. The number of benzene rings is 1. The summed E-state index contributed by atoms with van der Waals surface area (Å²) in [7, 11) is 0. The zero-order chi connectivity index (χ0) is 61.4. The van der Waals surface area contributed by atoms with Crippen LogP contribution in [0, 0.1) is 5.92 Å². The van der Waals surface area contributed by atoms with Crippen molar-refractivity contribution < 1.29 is 63.0 Å². The molecule has 24 N–H and O–H groups in total. The maximum absolute atomic E-state index is 14.3. The molecule has 0 spiro atoms. The molecule has 0 aromatic heterocycles. The first kappa shape index (κ1) is 71.6. The van der Waals surface area contributed by atoms with Crippen molar-refractivity contribution in [1.82, 2.24) is 42.5 Å². The van der Waals surface area contributed by atoms with Gasteiger partial charge in [0.2, 0.25) is 59.1 Å². The average Bonchev–Trinajstić information content (AvgIpc) is 3.42. The fourth-order valence-corrected chi connectivity index (χ4v) is 8.50. The molecular weight excluding hydrogens is 1100 g/mol. The van der Waals surface area contributed by atoms with Gasteiger partial charge in [0.05, 0.1) is 25.0 Å². The van der Waals surface area contributed by atoms with Gasteiger partial charge in [-0.1, -0.05) is 50.6 Å². The van der Waals surface area contributed by atoms with Gasteiger partial charge in [-0.3, -0.25) is 57.9 Å². The number of nitrogens with one attached hydrogen (secondary N) is 8. The van der Waals surface area contributed by atoms with Gasteiger partial charge < -0.3 is 92.9 Å². The van der Waals surface area contributed by atoms with E-state index in [2.05, 4.69) is 52.5 Å². The van der Waals surface area contributed by atoms with Crippen LogP contribution < -0.4 is 82.7 Å². The Hall–Kier alpha value is -7.45. The summed E-state index contributed by atoms with van der Waals surface area (Å²) < 4.78 is 0. The van der Waals surface area contributed by atoms with Crippen LogP contribution in [0.4, 0.5) is 0 Å². The Bertz CT molecular complexity index is 2330. The number of guanidine groups is 2. The Balaban J connectivity index is 3.56. The zero-order valence-corrected chi connectivity index (χ0v) is 47.9. The Morgan fingerprint density at radius 2 is 0.889 bits per heavy atom. The summed E-state index contributed by atoms with van der Waals surface area (Å²) in [6.45, 7) is 4.41. The van der Waals surface area contributed by atoms with E-state index in [4.69, 9.17) is 40.1 Å². The SMILES string of the molecule is CC[C@H](C)[C@H](NC(=O)[C@H](CC(N)=O)NC(=O)[C@H](CCSC)NC(=O)[C@@H](NC(=O)[C@@H](N)Cc1ccccc1)[C@@H](C)O)C(=O)N[C@@H](CCCN=C(N)N)C(=O)N[C@@H](CC(N)=O)C(=O)N[C@@H](CCCN=C(N)N)C(=O)N[C@@H](CCSC)C(=O)O. The first-order chi connectivity index (χ1) is 38.1. The Labute approximate surface area is 478 Å². The molecule has 0 heterocycles. The molecule has 454 valence electrons. The van der Waals surface area contributed by atoms with E-state index in [1.807, 2.05) is 0 Å². The van der Waals surface area contributed by atoms with Crippen LogP contribution in [0.25, 0.3) is 0 Å². The first-order valence-corrected chi connectivity index (χ1v) is 28.7. The molecule has 10 amide bonds. The molecule has 81 heavy (non-hydrogen) atoms. The van der Waals surface area contributed by atoms with Gasteiger partial charge in [-0.15, -0.1) is 0 Å². The van der Waals surface area contributed by atoms with E-state index in [1.165, 1.54) is 30.4 Å². The van der Waals surface area contributed by atoms with Crippen molar-refractivity contribution in [2.45, 2.75) is 145 Å². The van der Waals surface area contributed by atoms with Crippen LogP contribution in [0.1, 0.15) is 84.1 Å². The maximum Gasteiger partial charge on any atom is 0.326 e. The van der Waals surface area contributed by atoms with Crippen LogP contribution >= 0.6 is 23.5 Å². The number of carbonyl (C=O) groups excluding carboxylic acids is 10. The Kier molecular flexibility index (Phi) is 33.8. The van der Waals surface area contributed by atoms with Crippen molar-refractivity contribution in [3.63, 3.8) is 0 Å². The molecule has 32 heteroatoms. The molecule has 0 radical (unpaired) electrons. The van der Waals surface area contributed by atoms with Gasteiger partial charge >= 0.3 is 5.97 Å². The standard InChI is InChI=1S/C49H83N17O13S2/c1-6-25(2)37(65-44(75)34(24-36(52)69)64-42(73)31(16-20-80-4)61-46(77)38(26(3)67)66-39(70)28(50)22-27-12-8-7-9-13-27)45(76)60-30(15-11-19-58-49(55)56)41(72)63-33(23-35(51)68)43(74)59-29(14-10-18-57-48(53)54)40(71)62-32(47(78)79)17-21-81-5/h7-9,12-13,25-26,28-34,37-38,67H,6,10-11,14-24,50H2,1-5H3,(H2,51,68)(H2,52,69)(H,59,74)(H,60,76)(H,61,77)(H,62,71)(H,63,72)(H,64,73)(H,65,75)(H,66,70)(H,78,79)(H4,53,54,57)(H4,55,56,58)/t25-,26+,28-,29-,30-,31-,32-,33-,34-,37-,38-/m0/s1. The Morgan fingerprint density at radius 1 is 0.519 bits per heavy atom. The number of nitrogens with two attached hydrogens (primary N) is 7. The molecule has 1 rings (SSSR count). The number of hydrogen-bond donors (Lipinski definition) is 17. The van der Waals surface area contributed by atoms with Crippen LogP contribution in [0.5, 0.6) is 0 Å². The monoisotopic (exact) mass is 1180 g/mol. The predicted molar refractivity (Wildman–Crippen MR) is 306 cm³/mol. The van der Waals surface area contributed by atoms with Gasteiger partial charge in [0.25, 0.3) is 0 Å². The minimum Gasteiger partial charge on any atom is -0.480 e. The highest BCUT2D eigenvalue weighted by Crippen LogP contribution is 2.13. The fourth-order valence-electron chi connectivity index (χ4n) is 7.56. The summed E-state index contributed by atoms with van der Waals surface area (Å²) in [6, 6.07) is -4.76. The molecule has 30 nitrogen and oxygen atoms in total. The number of nitrogens with zero attached hydrogens (tertiary/aromatic N) is 2. The number of primary amides is 2. The third-order valence-electron chi connectivity index (χ3n) is 12.2. The maximum atomic E-state index is 14.3. The van der Waals surface area contributed by atoms with E-state index in [-0.39, 0.29) is 82.1 Å². The lowest BCUT2D eigenvalue weighted by Crippen LogP contribution is -2.62. The molecule has 0 saturated carbocycles. The number of hydrogen-bond acceptors (Lipinski definition) is 17. The number of carboxylic acid groups (broad SMARTS) is 1. The van der Waals surface area contributed by atoms with Gasteiger partial charge in [0.15, 0.2) is 11.9 Å². The number of thioether (sulfide) groups is 2. The van der Waals surface area contributed by atoms with Crippen molar-refractivity contribution >= 4 is 100 Å². The molecule has 0 bridgehead atoms. The second-order valence-corrected chi connectivity index (χ2v) is 20.9. The summed E-state index contributed by atoms with van der Waals surface area (Å²) >= 11 is 2.63. The number of rotatable bonds is 40. The summed E-state index contributed by atoms with van der Waals surface area (Å²) in [5, 5.41) is 39.9. The number of aliphatic hydroxyl groups is 1. The van der Waals surface area contributed by atoms with Crippen LogP contribution in [-0.4, -0.2) is 185 Å². The number of amides is 10. The average molecular weight is 1180 g/mol. The Morgan fingerprint density at radius 3 is 1.30 bits per heavy atom. The second kappa shape index (κ2) is 38.2. The van der Waals surface area contributed by atoms with Gasteiger partial charge in [-0.25, -0.2) is 4.79 Å². The van der Waals surface area contributed by atoms with E-state index in [0.29, 0.717) is 5.75 Å². The third kappa shape index (κ3) is 28.5. The smallest absolute Gasteiger partial charge is 0.326 e. The lowest BCUT2D eigenvalue weighted by atomic mass is 9.96. The molecule has 0 aliphatic rings. The van der Waals surface area contributed by atoms with Crippen molar-refractivity contribution in [3.05, 3.63) is 35.9 Å². The topological polar surface area (TPSA) is 531 Å². The van der Waals surface area contributed by atoms with E-state index in [9.17, 15) is 63.0 Å². The zero-order valence-electron chi connectivity index (χ0n) is 46.3. The van der Waals surface area contributed by atoms with Gasteiger partial charge in [-0.2, -0.15) is 23.5 Å². The molecular formula is C49H83N17O13S2. The second-order valence-electron chi connectivity index (χ2n) is 18.9. The number of aliphatic carboxylic acids is 1. The molecule has 0 saturated heterocycles. The van der Waals surface area contributed by atoms with E-state index in [1.54, 1.807) is 56.7 Å². The number of aliphatic hydroxyl groups excluding tert-OH is 1. The van der Waals surface area contributed by atoms with E-state index >= 15 is 0 Å². The van der Waals surface area contributed by atoms with Crippen molar-refractivity contribution in [2.24, 2.45) is 56.0 Å². The summed E-state index contributed by atoms with van der Waals surface area (Å²) in [5.74, 6) is -12.0. The largest absolute Gasteiger partial charge is 0.480 e. The summed E-state index contributed by atoms with van der Waals surface area (Å²) in [4.78, 5) is 155. The quantitative estimate of drug-likeness (QED) is 0.0165. The molecule has 0 unspecified atom stereocenters. The lowest BCUT2D eigenvalue weighted by molar-refractivity contribution is -0.142. The normalized spacial score (nSPS) is 15.0. The van der Waals surface area contributed by atoms with Crippen LogP contribution in [0.3, 0.4) is 0 Å². The molecule has 1 aromatic carbocycles. The number of aliphatic imine (C=N–C) groups is 2. The van der Waals surface area contributed by atoms with Crippen LogP contribution in [0.15, 0.2) is 40.3 Å². The molecule has 1 aromatic rings. The van der Waals surface area contributed by atoms with Crippen LogP contribution in [-0.2, 0) is 59.2 Å². The number of carboxylic acids is 1. The summed E-state index contributed by atoms with van der Waals surface area (Å²) in [5.41, 5.74) is 39.7. The van der Waals surface area contributed by atoms with Gasteiger partial charge in [-0.05, 0) is 87.4 Å². The van der Waals surface area contributed by atoms with Gasteiger partial charge in [0.1, 0.15) is 48.3 Å². The first-order valence-electron chi connectivity index (χ1n) is 25.9. The lowest BCUT2D eigenvalue weighted by Gasteiger charge is -2.29. The van der Waals surface area contributed by atoms with Gasteiger partial charge in [0, 0.05) is 13.1 Å². The molecule has 11 atom stereocenters. The van der Waals surface area contributed by atoms with E-state index < -0.39 is 144 Å². The molecule has 0 aliphatic heterocycles. The highest BCUT2D eigenvalue weighted by molar-refractivity contribution is 7.98. The number of carbonyl (C=O) groups is 11. The van der Waals surface area contributed by atoms with E-state index in [0.717, 1.165) is 5.56 Å². The van der Waals surface area contributed by atoms with Crippen molar-refractivity contribution in [3.8, 4) is 0 Å². The van der Waals surface area contributed by atoms with Crippen molar-refractivity contribution in [2.75, 3.05) is 37.1 Å². The minimum atomic E-state index is -1.79. The fraction of sp³-hybridized carbons (Fsp3) is 0.612. The van der Waals surface area contributed by atoms with Crippen LogP contribution in [0.2, 0.25) is 0 Å². The highest BCUT2D eigenvalue weighted by atomic mass is 32.2. The highest BCUT2D eigenvalue weighted by Gasteiger charge is 2.37. The molecule has 0 fully saturated rings. The molecule has 0 aliphatic carbocycles. The third-order valence-corrected chi connectivity index (χ3v) is 13.5. The van der Waals surface area contributed by atoms with Crippen molar-refractivity contribution in [1.29, 1.82) is 0 Å². The summed E-state index contributed by atoms with van der Waals surface area (Å²) in [6.07, 6.45) is 0.384. The minimum absolute atomic E-state index is 0.00138.